The molecule has 94 valence electrons. The maximum absolute atomic E-state index is 11.8. The molecule has 0 heterocycles. The summed E-state index contributed by atoms with van der Waals surface area (Å²) in [5, 5.41) is 0.391. The molecule has 4 heteroatoms. The van der Waals surface area contributed by atoms with E-state index < -0.39 is 5.60 Å². The zero-order valence-corrected chi connectivity index (χ0v) is 12.1. The molecule has 0 amide bonds. The average Bonchev–Trinajstić information content (AvgIpc) is 2.18. The lowest BCUT2D eigenvalue weighted by Crippen LogP contribution is -2.28. The van der Waals surface area contributed by atoms with Crippen molar-refractivity contribution in [2.75, 3.05) is 0 Å². The molecule has 0 aliphatic heterocycles. The van der Waals surface area contributed by atoms with E-state index in [1.54, 1.807) is 0 Å². The van der Waals surface area contributed by atoms with Gasteiger partial charge in [0.1, 0.15) is 10.9 Å². The molecule has 1 aromatic carbocycles. The van der Waals surface area contributed by atoms with Crippen LogP contribution in [0.15, 0.2) is 29.2 Å². The zero-order chi connectivity index (χ0) is 13.1. The van der Waals surface area contributed by atoms with Crippen LogP contribution in [0.2, 0.25) is 5.02 Å². The highest BCUT2D eigenvalue weighted by molar-refractivity contribution is 8.00. The minimum absolute atomic E-state index is 0.220. The van der Waals surface area contributed by atoms with Crippen molar-refractivity contribution in [3.05, 3.63) is 29.3 Å². The van der Waals surface area contributed by atoms with E-state index in [2.05, 4.69) is 0 Å². The van der Waals surface area contributed by atoms with Gasteiger partial charge in [0.05, 0.1) is 5.02 Å². The van der Waals surface area contributed by atoms with Gasteiger partial charge in [-0.15, -0.1) is 11.8 Å². The van der Waals surface area contributed by atoms with Crippen molar-refractivity contribution < 1.29 is 9.53 Å². The van der Waals surface area contributed by atoms with Crippen LogP contribution >= 0.6 is 23.4 Å². The molecule has 2 nitrogen and oxygen atoms in total. The highest BCUT2D eigenvalue weighted by Gasteiger charge is 2.22. The van der Waals surface area contributed by atoms with Gasteiger partial charge >= 0.3 is 5.97 Å². The molecule has 0 saturated heterocycles. The number of benzene rings is 1. The molecule has 0 N–H and O–H groups in total. The van der Waals surface area contributed by atoms with Crippen LogP contribution in [0.4, 0.5) is 0 Å². The molecule has 0 radical (unpaired) electrons. The molecule has 17 heavy (non-hydrogen) atoms. The Labute approximate surface area is 112 Å². The maximum atomic E-state index is 11.8. The van der Waals surface area contributed by atoms with Crippen molar-refractivity contribution in [3.8, 4) is 0 Å². The Balaban J connectivity index is 2.64. The number of halogens is 1. The molecule has 0 fully saturated rings. The molecule has 1 atom stereocenters. The molecule has 0 bridgehead atoms. The number of carbonyl (C=O) groups excluding carboxylic acids is 1. The molecule has 0 spiro atoms. The standard InChI is InChI=1S/C13H17ClO2S/c1-9(12(15)16-13(2,3)4)17-11-8-6-5-7-10(11)14/h5-9H,1-4H3. The third-order valence-electron chi connectivity index (χ3n) is 1.88. The summed E-state index contributed by atoms with van der Waals surface area (Å²) in [6.07, 6.45) is 0. The lowest BCUT2D eigenvalue weighted by molar-refractivity contribution is -0.153. The van der Waals surface area contributed by atoms with Gasteiger partial charge in [0, 0.05) is 4.90 Å². The van der Waals surface area contributed by atoms with Gasteiger partial charge < -0.3 is 4.74 Å². The van der Waals surface area contributed by atoms with Gasteiger partial charge in [0.25, 0.3) is 0 Å². The van der Waals surface area contributed by atoms with Crippen LogP contribution in [0.3, 0.4) is 0 Å². The Bertz CT molecular complexity index is 399. The van der Waals surface area contributed by atoms with E-state index in [0.717, 1.165) is 4.90 Å². The molecule has 1 rings (SSSR count). The highest BCUT2D eigenvalue weighted by atomic mass is 35.5. The lowest BCUT2D eigenvalue weighted by Gasteiger charge is -2.22. The summed E-state index contributed by atoms with van der Waals surface area (Å²) in [5.74, 6) is -0.220. The smallest absolute Gasteiger partial charge is 0.319 e. The SMILES string of the molecule is CC(Sc1ccccc1Cl)C(=O)OC(C)(C)C. The van der Waals surface area contributed by atoms with Crippen LogP contribution in [0.1, 0.15) is 27.7 Å². The normalized spacial score (nSPS) is 13.2. The first-order valence-electron chi connectivity index (χ1n) is 5.43. The van der Waals surface area contributed by atoms with E-state index in [-0.39, 0.29) is 11.2 Å². The number of rotatable bonds is 3. The van der Waals surface area contributed by atoms with Crippen molar-refractivity contribution in [1.82, 2.24) is 0 Å². The molecular weight excluding hydrogens is 256 g/mol. The van der Waals surface area contributed by atoms with E-state index in [1.165, 1.54) is 11.8 Å². The third-order valence-corrected chi connectivity index (χ3v) is 3.48. The second-order valence-electron chi connectivity index (χ2n) is 4.72. The van der Waals surface area contributed by atoms with Crippen LogP contribution < -0.4 is 0 Å². The van der Waals surface area contributed by atoms with Gasteiger partial charge in [-0.1, -0.05) is 23.7 Å². The number of carbonyl (C=O) groups is 1. The quantitative estimate of drug-likeness (QED) is 0.610. The summed E-state index contributed by atoms with van der Waals surface area (Å²) in [5.41, 5.74) is -0.452. The lowest BCUT2D eigenvalue weighted by atomic mass is 10.2. The summed E-state index contributed by atoms with van der Waals surface area (Å²) >= 11 is 7.45. The van der Waals surface area contributed by atoms with Crippen molar-refractivity contribution in [2.45, 2.75) is 43.4 Å². The van der Waals surface area contributed by atoms with Gasteiger partial charge in [-0.3, -0.25) is 4.79 Å². The topological polar surface area (TPSA) is 26.3 Å². The predicted molar refractivity (Wildman–Crippen MR) is 72.6 cm³/mol. The Morgan fingerprint density at radius 2 is 1.94 bits per heavy atom. The zero-order valence-electron chi connectivity index (χ0n) is 10.5. The molecule has 1 unspecified atom stereocenters. The van der Waals surface area contributed by atoms with Gasteiger partial charge in [0.15, 0.2) is 0 Å². The van der Waals surface area contributed by atoms with Gasteiger partial charge in [-0.2, -0.15) is 0 Å². The molecule has 0 aliphatic rings. The first-order valence-corrected chi connectivity index (χ1v) is 6.69. The highest BCUT2D eigenvalue weighted by Crippen LogP contribution is 2.30. The van der Waals surface area contributed by atoms with Gasteiger partial charge in [-0.25, -0.2) is 0 Å². The summed E-state index contributed by atoms with van der Waals surface area (Å²) in [4.78, 5) is 12.7. The van der Waals surface area contributed by atoms with E-state index in [0.29, 0.717) is 5.02 Å². The number of hydrogen-bond donors (Lipinski definition) is 0. The van der Waals surface area contributed by atoms with Crippen molar-refractivity contribution in [1.29, 1.82) is 0 Å². The summed E-state index contributed by atoms with van der Waals surface area (Å²) in [6, 6.07) is 7.47. The first kappa shape index (κ1) is 14.4. The minimum Gasteiger partial charge on any atom is -0.459 e. The van der Waals surface area contributed by atoms with Crippen molar-refractivity contribution >= 4 is 29.3 Å². The summed E-state index contributed by atoms with van der Waals surface area (Å²) < 4.78 is 5.31. The molecular formula is C13H17ClO2S. The second kappa shape index (κ2) is 5.78. The molecule has 0 saturated carbocycles. The largest absolute Gasteiger partial charge is 0.459 e. The first-order chi connectivity index (χ1) is 7.79. The molecule has 0 aliphatic carbocycles. The van der Waals surface area contributed by atoms with Crippen LogP contribution in [-0.2, 0) is 9.53 Å². The third kappa shape index (κ3) is 5.00. The fraction of sp³-hybridized carbons (Fsp3) is 0.462. The second-order valence-corrected chi connectivity index (χ2v) is 6.51. The minimum atomic E-state index is -0.452. The fourth-order valence-corrected chi connectivity index (χ4v) is 2.30. The van der Waals surface area contributed by atoms with E-state index in [4.69, 9.17) is 16.3 Å². The Morgan fingerprint density at radius 1 is 1.35 bits per heavy atom. The number of esters is 1. The van der Waals surface area contributed by atoms with Crippen LogP contribution in [0.25, 0.3) is 0 Å². The van der Waals surface area contributed by atoms with Crippen LogP contribution in [0.5, 0.6) is 0 Å². The number of hydrogen-bond acceptors (Lipinski definition) is 3. The Morgan fingerprint density at radius 3 is 2.47 bits per heavy atom. The van der Waals surface area contributed by atoms with Crippen LogP contribution in [0, 0.1) is 0 Å². The number of ether oxygens (including phenoxy) is 1. The summed E-state index contributed by atoms with van der Waals surface area (Å²) in [6.45, 7) is 7.40. The summed E-state index contributed by atoms with van der Waals surface area (Å²) in [7, 11) is 0. The monoisotopic (exact) mass is 272 g/mol. The predicted octanol–water partition coefficient (Wildman–Crippen LogP) is 4.16. The van der Waals surface area contributed by atoms with Crippen molar-refractivity contribution in [2.24, 2.45) is 0 Å². The maximum Gasteiger partial charge on any atom is 0.319 e. The Hall–Kier alpha value is -0.670. The molecule has 1 aromatic rings. The average molecular weight is 273 g/mol. The fourth-order valence-electron chi connectivity index (χ4n) is 1.16. The molecule has 0 aromatic heterocycles. The van der Waals surface area contributed by atoms with Crippen molar-refractivity contribution in [3.63, 3.8) is 0 Å². The Kier molecular flexibility index (Phi) is 4.90. The van der Waals surface area contributed by atoms with Crippen LogP contribution in [-0.4, -0.2) is 16.8 Å². The van der Waals surface area contributed by atoms with Gasteiger partial charge in [0.2, 0.25) is 0 Å². The number of thioether (sulfide) groups is 1. The van der Waals surface area contributed by atoms with E-state index >= 15 is 0 Å². The van der Waals surface area contributed by atoms with E-state index in [1.807, 2.05) is 52.0 Å². The van der Waals surface area contributed by atoms with Gasteiger partial charge in [-0.05, 0) is 39.8 Å². The van der Waals surface area contributed by atoms with E-state index in [9.17, 15) is 4.79 Å².